The molecule has 0 spiro atoms. The molecule has 15 heavy (non-hydrogen) atoms. The lowest BCUT2D eigenvalue weighted by Gasteiger charge is -2.01. The zero-order chi connectivity index (χ0) is 10.5. The molecule has 0 saturated carbocycles. The minimum absolute atomic E-state index is 1.01. The van der Waals surface area contributed by atoms with Gasteiger partial charge in [0.1, 0.15) is 0 Å². The van der Waals surface area contributed by atoms with E-state index in [1.807, 2.05) is 30.3 Å². The molecule has 0 aliphatic heterocycles. The lowest BCUT2D eigenvalue weighted by atomic mass is 10.2. The van der Waals surface area contributed by atoms with Crippen molar-refractivity contribution in [3.8, 4) is 0 Å². The second-order valence-corrected chi connectivity index (χ2v) is 4.17. The maximum Gasteiger partial charge on any atom is 0.0717 e. The molecule has 0 aliphatic rings. The summed E-state index contributed by atoms with van der Waals surface area (Å²) in [6.07, 6.45) is 0. The predicted molar refractivity (Wildman–Crippen MR) is 65.3 cm³/mol. The molecule has 2 heteroatoms. The van der Waals surface area contributed by atoms with Crippen molar-refractivity contribution in [2.75, 3.05) is 0 Å². The van der Waals surface area contributed by atoms with Crippen LogP contribution in [-0.2, 0) is 0 Å². The van der Waals surface area contributed by atoms with Crippen LogP contribution in [0.2, 0.25) is 0 Å². The molecule has 0 N–H and O–H groups in total. The first-order valence-electron chi connectivity index (χ1n) is 4.84. The van der Waals surface area contributed by atoms with Crippen molar-refractivity contribution in [2.24, 2.45) is 0 Å². The van der Waals surface area contributed by atoms with Crippen LogP contribution < -0.4 is 4.72 Å². The van der Waals surface area contributed by atoms with Gasteiger partial charge in [0.15, 0.2) is 0 Å². The van der Waals surface area contributed by atoms with Gasteiger partial charge in [-0.15, -0.1) is 0 Å². The molecule has 0 atom stereocenters. The van der Waals surface area contributed by atoms with Crippen molar-refractivity contribution in [1.82, 2.24) is 4.72 Å². The normalized spacial score (nSPS) is 9.93. The molecular weight excluding hydrogens is 202 g/mol. The Labute approximate surface area is 94.7 Å². The lowest BCUT2D eigenvalue weighted by Crippen LogP contribution is -1.84. The smallest absolute Gasteiger partial charge is 0.0717 e. The molecule has 0 bridgehead atoms. The summed E-state index contributed by atoms with van der Waals surface area (Å²) in [7, 11) is 0. The van der Waals surface area contributed by atoms with Gasteiger partial charge in [0, 0.05) is 16.8 Å². The van der Waals surface area contributed by atoms with Gasteiger partial charge in [0.05, 0.1) is 5.69 Å². The van der Waals surface area contributed by atoms with Crippen LogP contribution in [0.4, 0.5) is 5.69 Å². The molecule has 1 nitrogen and oxygen atoms in total. The van der Waals surface area contributed by atoms with Gasteiger partial charge in [-0.3, -0.25) is 0 Å². The molecule has 0 fully saturated rings. The Morgan fingerprint density at radius 3 is 2.20 bits per heavy atom. The largest absolute Gasteiger partial charge is 0.212 e. The molecular formula is C13H12NS. The summed E-state index contributed by atoms with van der Waals surface area (Å²) in [4.78, 5) is 1.16. The van der Waals surface area contributed by atoms with Crippen LogP contribution in [-0.4, -0.2) is 0 Å². The minimum atomic E-state index is 1.01. The van der Waals surface area contributed by atoms with E-state index in [0.29, 0.717) is 0 Å². The van der Waals surface area contributed by atoms with E-state index >= 15 is 0 Å². The van der Waals surface area contributed by atoms with E-state index in [0.717, 1.165) is 10.6 Å². The van der Waals surface area contributed by atoms with Crippen molar-refractivity contribution in [3.05, 3.63) is 60.2 Å². The maximum atomic E-state index is 4.43. The van der Waals surface area contributed by atoms with Gasteiger partial charge in [-0.1, -0.05) is 35.9 Å². The van der Waals surface area contributed by atoms with Gasteiger partial charge in [-0.2, -0.15) is 0 Å². The van der Waals surface area contributed by atoms with E-state index in [1.54, 1.807) is 0 Å². The molecule has 2 aromatic rings. The van der Waals surface area contributed by atoms with E-state index in [9.17, 15) is 0 Å². The highest BCUT2D eigenvalue weighted by Crippen LogP contribution is 2.20. The SMILES string of the molecule is Cc1ccc([N]Sc2ccccc2)cc1. The Balaban J connectivity index is 1.96. The first-order valence-corrected chi connectivity index (χ1v) is 5.62. The Kier molecular flexibility index (Phi) is 3.30. The minimum Gasteiger partial charge on any atom is -0.212 e. The van der Waals surface area contributed by atoms with Crippen molar-refractivity contribution in [3.63, 3.8) is 0 Å². The molecule has 0 aromatic heterocycles. The van der Waals surface area contributed by atoms with Crippen LogP contribution in [0.1, 0.15) is 5.56 Å². The summed E-state index contributed by atoms with van der Waals surface area (Å²) in [5.74, 6) is 0. The van der Waals surface area contributed by atoms with Gasteiger partial charge >= 0.3 is 0 Å². The fourth-order valence-electron chi connectivity index (χ4n) is 1.19. The second-order valence-electron chi connectivity index (χ2n) is 3.33. The molecule has 0 heterocycles. The number of hydrogen-bond donors (Lipinski definition) is 0. The molecule has 1 radical (unpaired) electrons. The maximum absolute atomic E-state index is 4.43. The summed E-state index contributed by atoms with van der Waals surface area (Å²) >= 11 is 1.50. The number of aryl methyl sites for hydroxylation is 1. The van der Waals surface area contributed by atoms with Crippen molar-refractivity contribution in [2.45, 2.75) is 11.8 Å². The van der Waals surface area contributed by atoms with Crippen LogP contribution >= 0.6 is 11.9 Å². The van der Waals surface area contributed by atoms with Gasteiger partial charge in [0.25, 0.3) is 0 Å². The Bertz CT molecular complexity index is 408. The third-order valence-corrected chi connectivity index (χ3v) is 2.82. The Morgan fingerprint density at radius 2 is 1.53 bits per heavy atom. The Morgan fingerprint density at radius 1 is 0.867 bits per heavy atom. The highest BCUT2D eigenvalue weighted by Gasteiger charge is 1.95. The van der Waals surface area contributed by atoms with E-state index in [1.165, 1.54) is 17.5 Å². The monoisotopic (exact) mass is 214 g/mol. The molecule has 2 rings (SSSR count). The summed E-state index contributed by atoms with van der Waals surface area (Å²) in [5, 5.41) is 0. The first kappa shape index (κ1) is 10.1. The fraction of sp³-hybridized carbons (Fsp3) is 0.0769. The van der Waals surface area contributed by atoms with Crippen molar-refractivity contribution < 1.29 is 0 Å². The van der Waals surface area contributed by atoms with Gasteiger partial charge in [0.2, 0.25) is 0 Å². The average molecular weight is 214 g/mol. The van der Waals surface area contributed by atoms with Crippen LogP contribution in [0.5, 0.6) is 0 Å². The molecule has 0 amide bonds. The third-order valence-electron chi connectivity index (χ3n) is 2.03. The topological polar surface area (TPSA) is 14.1 Å². The van der Waals surface area contributed by atoms with Gasteiger partial charge in [-0.05, 0) is 31.2 Å². The summed E-state index contributed by atoms with van der Waals surface area (Å²) < 4.78 is 4.43. The highest BCUT2D eigenvalue weighted by atomic mass is 32.2. The van der Waals surface area contributed by atoms with E-state index in [2.05, 4.69) is 35.9 Å². The standard InChI is InChI=1S/C13H12NS/c1-11-7-9-12(10-8-11)14-15-13-5-3-2-4-6-13/h2-10H,1H3. The zero-order valence-electron chi connectivity index (χ0n) is 8.55. The number of benzene rings is 2. The number of nitrogens with zero attached hydrogens (tertiary/aromatic N) is 1. The number of hydrogen-bond acceptors (Lipinski definition) is 1. The summed E-state index contributed by atoms with van der Waals surface area (Å²) in [6.45, 7) is 2.08. The van der Waals surface area contributed by atoms with Crippen LogP contribution in [0.15, 0.2) is 59.5 Å². The van der Waals surface area contributed by atoms with Gasteiger partial charge < -0.3 is 0 Å². The zero-order valence-corrected chi connectivity index (χ0v) is 9.37. The molecule has 75 valence electrons. The summed E-state index contributed by atoms with van der Waals surface area (Å²) in [5.41, 5.74) is 2.27. The molecule has 0 aliphatic carbocycles. The van der Waals surface area contributed by atoms with Gasteiger partial charge in [-0.25, -0.2) is 4.72 Å². The molecule has 0 saturated heterocycles. The Hall–Kier alpha value is -1.41. The predicted octanol–water partition coefficient (Wildman–Crippen LogP) is 3.94. The lowest BCUT2D eigenvalue weighted by molar-refractivity contribution is 1.33. The van der Waals surface area contributed by atoms with Crippen LogP contribution in [0.25, 0.3) is 0 Å². The van der Waals surface area contributed by atoms with Crippen molar-refractivity contribution >= 4 is 17.6 Å². The average Bonchev–Trinajstić information content (AvgIpc) is 2.30. The van der Waals surface area contributed by atoms with E-state index in [4.69, 9.17) is 0 Å². The van der Waals surface area contributed by atoms with E-state index in [-0.39, 0.29) is 0 Å². The fourth-order valence-corrected chi connectivity index (χ4v) is 1.80. The summed E-state index contributed by atoms with van der Waals surface area (Å²) in [6, 6.07) is 18.4. The van der Waals surface area contributed by atoms with Crippen LogP contribution in [0, 0.1) is 6.92 Å². The highest BCUT2D eigenvalue weighted by molar-refractivity contribution is 7.97. The second kappa shape index (κ2) is 4.89. The van der Waals surface area contributed by atoms with E-state index < -0.39 is 0 Å². The first-order chi connectivity index (χ1) is 7.34. The molecule has 2 aromatic carbocycles. The quantitative estimate of drug-likeness (QED) is 0.706. The number of rotatable bonds is 3. The molecule has 0 unspecified atom stereocenters. The van der Waals surface area contributed by atoms with Crippen molar-refractivity contribution in [1.29, 1.82) is 0 Å². The third kappa shape index (κ3) is 3.03. The van der Waals surface area contributed by atoms with Crippen LogP contribution in [0.3, 0.4) is 0 Å².